The Hall–Kier alpha value is -1.54. The lowest BCUT2D eigenvalue weighted by atomic mass is 9.96. The van der Waals surface area contributed by atoms with Gasteiger partial charge in [-0.25, -0.2) is 0 Å². The van der Waals surface area contributed by atoms with Crippen LogP contribution in [-0.2, 0) is 0 Å². The van der Waals surface area contributed by atoms with Gasteiger partial charge in [-0.05, 0) is 38.0 Å². The fraction of sp³-hybridized carbons (Fsp3) is 0.474. The maximum Gasteiger partial charge on any atom is 0.128 e. The summed E-state index contributed by atoms with van der Waals surface area (Å²) in [5.74, 6) is 1.21. The maximum atomic E-state index is 10.6. The highest BCUT2D eigenvalue weighted by Crippen LogP contribution is 2.34. The predicted octanol–water partition coefficient (Wildman–Crippen LogP) is 4.77. The van der Waals surface area contributed by atoms with Crippen molar-refractivity contribution in [3.63, 3.8) is 0 Å². The van der Waals surface area contributed by atoms with Gasteiger partial charge in [0, 0.05) is 23.0 Å². The standard InChI is InChI=1S/C19H25NO/c1-13(15-7-3-4-8-15)20-14(2)17-12-11-16-9-5-6-10-18(16)19(17)21/h5-6,9-15,20-21H,3-4,7-8H2,1-2H3. The van der Waals surface area contributed by atoms with E-state index in [-0.39, 0.29) is 6.04 Å². The first-order valence-corrected chi connectivity index (χ1v) is 8.13. The summed E-state index contributed by atoms with van der Waals surface area (Å²) in [6.45, 7) is 4.43. The van der Waals surface area contributed by atoms with E-state index in [1.165, 1.54) is 25.7 Å². The van der Waals surface area contributed by atoms with E-state index in [4.69, 9.17) is 0 Å². The van der Waals surface area contributed by atoms with E-state index in [9.17, 15) is 5.11 Å². The summed E-state index contributed by atoms with van der Waals surface area (Å²) in [6, 6.07) is 12.8. The van der Waals surface area contributed by atoms with Gasteiger partial charge >= 0.3 is 0 Å². The molecule has 112 valence electrons. The number of aromatic hydroxyl groups is 1. The number of fused-ring (bicyclic) bond motifs is 1. The second-order valence-corrected chi connectivity index (χ2v) is 6.45. The van der Waals surface area contributed by atoms with E-state index < -0.39 is 0 Å². The molecule has 1 saturated carbocycles. The molecule has 2 nitrogen and oxygen atoms in total. The number of rotatable bonds is 4. The summed E-state index contributed by atoms with van der Waals surface area (Å²) in [4.78, 5) is 0. The number of benzene rings is 2. The zero-order chi connectivity index (χ0) is 14.8. The minimum atomic E-state index is 0.171. The molecule has 2 aromatic carbocycles. The monoisotopic (exact) mass is 283 g/mol. The molecule has 0 radical (unpaired) electrons. The van der Waals surface area contributed by atoms with Crippen LogP contribution in [0.5, 0.6) is 5.75 Å². The SMILES string of the molecule is CC(NC(C)C1CCCC1)c1ccc2ccccc2c1O. The van der Waals surface area contributed by atoms with Gasteiger partial charge in [-0.2, -0.15) is 0 Å². The fourth-order valence-electron chi connectivity index (χ4n) is 3.70. The molecule has 2 unspecified atom stereocenters. The Bertz CT molecular complexity index is 616. The van der Waals surface area contributed by atoms with Gasteiger partial charge in [0.2, 0.25) is 0 Å². The van der Waals surface area contributed by atoms with Crippen LogP contribution in [-0.4, -0.2) is 11.1 Å². The Labute approximate surface area is 127 Å². The molecule has 3 rings (SSSR count). The summed E-state index contributed by atoms with van der Waals surface area (Å²) >= 11 is 0. The lowest BCUT2D eigenvalue weighted by molar-refractivity contribution is 0.348. The van der Waals surface area contributed by atoms with Crippen LogP contribution >= 0.6 is 0 Å². The summed E-state index contributed by atoms with van der Waals surface area (Å²) in [6.07, 6.45) is 5.41. The first-order valence-electron chi connectivity index (χ1n) is 8.13. The van der Waals surface area contributed by atoms with Gasteiger partial charge in [0.1, 0.15) is 5.75 Å². The van der Waals surface area contributed by atoms with E-state index in [1.54, 1.807) is 0 Å². The molecule has 21 heavy (non-hydrogen) atoms. The van der Waals surface area contributed by atoms with Crippen molar-refractivity contribution in [2.75, 3.05) is 0 Å². The summed E-state index contributed by atoms with van der Waals surface area (Å²) in [7, 11) is 0. The molecule has 0 aromatic heterocycles. The number of phenols is 1. The van der Waals surface area contributed by atoms with Crippen LogP contribution in [0.1, 0.15) is 51.1 Å². The number of hydrogen-bond acceptors (Lipinski definition) is 2. The summed E-state index contributed by atoms with van der Waals surface area (Å²) < 4.78 is 0. The highest BCUT2D eigenvalue weighted by molar-refractivity contribution is 5.89. The van der Waals surface area contributed by atoms with Crippen LogP contribution in [0.25, 0.3) is 10.8 Å². The average Bonchev–Trinajstić information content (AvgIpc) is 3.02. The average molecular weight is 283 g/mol. The van der Waals surface area contributed by atoms with Crippen molar-refractivity contribution < 1.29 is 5.11 Å². The largest absolute Gasteiger partial charge is 0.507 e. The molecule has 2 heteroatoms. The zero-order valence-corrected chi connectivity index (χ0v) is 13.0. The van der Waals surface area contributed by atoms with Crippen LogP contribution in [0.15, 0.2) is 36.4 Å². The molecule has 1 aliphatic carbocycles. The van der Waals surface area contributed by atoms with Gasteiger partial charge in [0.15, 0.2) is 0 Å². The molecule has 2 aromatic rings. The highest BCUT2D eigenvalue weighted by Gasteiger charge is 2.23. The van der Waals surface area contributed by atoms with Gasteiger partial charge < -0.3 is 10.4 Å². The predicted molar refractivity (Wildman–Crippen MR) is 88.6 cm³/mol. The molecule has 0 saturated heterocycles. The summed E-state index contributed by atoms with van der Waals surface area (Å²) in [5.41, 5.74) is 0.999. The quantitative estimate of drug-likeness (QED) is 0.846. The van der Waals surface area contributed by atoms with E-state index in [2.05, 4.69) is 31.3 Å². The molecule has 2 N–H and O–H groups in total. The van der Waals surface area contributed by atoms with Crippen LogP contribution in [0.3, 0.4) is 0 Å². The molecule has 0 spiro atoms. The Morgan fingerprint density at radius 3 is 2.52 bits per heavy atom. The highest BCUT2D eigenvalue weighted by atomic mass is 16.3. The number of phenolic OH excluding ortho intramolecular Hbond substituents is 1. The smallest absolute Gasteiger partial charge is 0.128 e. The van der Waals surface area contributed by atoms with Crippen molar-refractivity contribution in [3.8, 4) is 5.75 Å². The van der Waals surface area contributed by atoms with Crippen molar-refractivity contribution in [2.24, 2.45) is 5.92 Å². The van der Waals surface area contributed by atoms with E-state index >= 15 is 0 Å². The van der Waals surface area contributed by atoms with Crippen molar-refractivity contribution >= 4 is 10.8 Å². The Morgan fingerprint density at radius 2 is 1.76 bits per heavy atom. The lowest BCUT2D eigenvalue weighted by Gasteiger charge is -2.26. The minimum absolute atomic E-state index is 0.171. The maximum absolute atomic E-state index is 10.6. The second kappa shape index (κ2) is 6.07. The van der Waals surface area contributed by atoms with Crippen LogP contribution in [0.4, 0.5) is 0 Å². The third-order valence-electron chi connectivity index (χ3n) is 5.02. The molecule has 0 bridgehead atoms. The third-order valence-corrected chi connectivity index (χ3v) is 5.02. The van der Waals surface area contributed by atoms with Crippen molar-refractivity contribution in [1.29, 1.82) is 0 Å². The number of nitrogens with one attached hydrogen (secondary N) is 1. The van der Waals surface area contributed by atoms with Gasteiger partial charge in [-0.15, -0.1) is 0 Å². The number of hydrogen-bond donors (Lipinski definition) is 2. The Balaban J connectivity index is 1.80. The van der Waals surface area contributed by atoms with Crippen molar-refractivity contribution in [1.82, 2.24) is 5.32 Å². The molecular formula is C19H25NO. The van der Waals surface area contributed by atoms with Crippen LogP contribution in [0, 0.1) is 5.92 Å². The fourth-order valence-corrected chi connectivity index (χ4v) is 3.70. The lowest BCUT2D eigenvalue weighted by Crippen LogP contribution is -2.34. The molecule has 2 atom stereocenters. The van der Waals surface area contributed by atoms with Crippen molar-refractivity contribution in [2.45, 2.75) is 51.6 Å². The third kappa shape index (κ3) is 2.91. The molecule has 0 amide bonds. The van der Waals surface area contributed by atoms with Gasteiger partial charge in [-0.3, -0.25) is 0 Å². The van der Waals surface area contributed by atoms with E-state index in [0.29, 0.717) is 11.8 Å². The van der Waals surface area contributed by atoms with Crippen LogP contribution < -0.4 is 5.32 Å². The van der Waals surface area contributed by atoms with Crippen molar-refractivity contribution in [3.05, 3.63) is 42.0 Å². The minimum Gasteiger partial charge on any atom is -0.507 e. The van der Waals surface area contributed by atoms with Gasteiger partial charge in [-0.1, -0.05) is 49.2 Å². The molecule has 1 fully saturated rings. The zero-order valence-electron chi connectivity index (χ0n) is 13.0. The topological polar surface area (TPSA) is 32.3 Å². The second-order valence-electron chi connectivity index (χ2n) is 6.45. The molecule has 0 aliphatic heterocycles. The van der Waals surface area contributed by atoms with E-state index in [0.717, 1.165) is 22.3 Å². The van der Waals surface area contributed by atoms with E-state index in [1.807, 2.05) is 24.3 Å². The Morgan fingerprint density at radius 1 is 1.05 bits per heavy atom. The van der Waals surface area contributed by atoms with Gasteiger partial charge in [0.05, 0.1) is 0 Å². The normalized spacial score (nSPS) is 19.0. The molecule has 1 aliphatic rings. The Kier molecular flexibility index (Phi) is 4.16. The first kappa shape index (κ1) is 14.4. The summed E-state index contributed by atoms with van der Waals surface area (Å²) in [5, 5.41) is 16.3. The molecule has 0 heterocycles. The van der Waals surface area contributed by atoms with Gasteiger partial charge in [0.25, 0.3) is 0 Å². The first-order chi connectivity index (χ1) is 10.2. The van der Waals surface area contributed by atoms with Crippen LogP contribution in [0.2, 0.25) is 0 Å². The molecular weight excluding hydrogens is 258 g/mol.